The van der Waals surface area contributed by atoms with Gasteiger partial charge in [-0.1, -0.05) is 17.3 Å². The highest BCUT2D eigenvalue weighted by Crippen LogP contribution is 2.29. The summed E-state index contributed by atoms with van der Waals surface area (Å²) in [7, 11) is -3.79. The molecule has 0 bridgehead atoms. The maximum Gasteiger partial charge on any atom is 0.316 e. The van der Waals surface area contributed by atoms with Crippen LogP contribution in [0, 0.1) is 12.8 Å². The first-order chi connectivity index (χ1) is 16.3. The Morgan fingerprint density at radius 2 is 1.82 bits per heavy atom. The van der Waals surface area contributed by atoms with Crippen molar-refractivity contribution in [2.75, 3.05) is 32.8 Å². The average Bonchev–Trinajstić information content (AvgIpc) is 3.35. The first-order valence-corrected chi connectivity index (χ1v) is 13.2. The standard InChI is InChI=1S/C23H30N4O6S/c1-3-32-23(29)17-9-13-27(14-10-17)34(30,31)19-15-18(8-7-16(19)2)20-24-21(33-25-20)22(28)26-11-5-4-6-12-26/h7-8,15,17H,3-6,9-14H2,1-2H3. The van der Waals surface area contributed by atoms with Crippen LogP contribution in [-0.4, -0.2) is 72.4 Å². The lowest BCUT2D eigenvalue weighted by Gasteiger charge is -2.30. The zero-order valence-electron chi connectivity index (χ0n) is 19.5. The highest BCUT2D eigenvalue weighted by molar-refractivity contribution is 7.89. The van der Waals surface area contributed by atoms with E-state index in [0.717, 1.165) is 19.3 Å². The summed E-state index contributed by atoms with van der Waals surface area (Å²) in [5, 5.41) is 3.92. The van der Waals surface area contributed by atoms with Gasteiger partial charge >= 0.3 is 17.8 Å². The maximum absolute atomic E-state index is 13.4. The summed E-state index contributed by atoms with van der Waals surface area (Å²) in [5.74, 6) is -0.789. The summed E-state index contributed by atoms with van der Waals surface area (Å²) in [5.41, 5.74) is 1.04. The largest absolute Gasteiger partial charge is 0.466 e. The lowest BCUT2D eigenvalue weighted by molar-refractivity contribution is -0.149. The number of hydrogen-bond acceptors (Lipinski definition) is 8. The second-order valence-electron chi connectivity index (χ2n) is 8.69. The number of aryl methyl sites for hydroxylation is 1. The Balaban J connectivity index is 1.52. The van der Waals surface area contributed by atoms with Gasteiger partial charge in [0.25, 0.3) is 0 Å². The number of nitrogens with zero attached hydrogens (tertiary/aromatic N) is 4. The predicted octanol–water partition coefficient (Wildman–Crippen LogP) is 2.63. The Morgan fingerprint density at radius 1 is 1.12 bits per heavy atom. The molecule has 0 atom stereocenters. The Kier molecular flexibility index (Phi) is 7.32. The normalized spacial score (nSPS) is 18.1. The summed E-state index contributed by atoms with van der Waals surface area (Å²) in [6, 6.07) is 4.92. The minimum absolute atomic E-state index is 0.0945. The Bertz CT molecular complexity index is 1150. The van der Waals surface area contributed by atoms with Crippen molar-refractivity contribution in [1.29, 1.82) is 0 Å². The van der Waals surface area contributed by atoms with Gasteiger partial charge in [0.2, 0.25) is 15.8 Å². The molecule has 0 saturated carbocycles. The van der Waals surface area contributed by atoms with Crippen LogP contribution in [0.3, 0.4) is 0 Å². The number of ether oxygens (including phenoxy) is 1. The number of aromatic nitrogens is 2. The van der Waals surface area contributed by atoms with E-state index in [1.165, 1.54) is 10.4 Å². The molecule has 11 heteroatoms. The summed E-state index contributed by atoms with van der Waals surface area (Å²) in [6.07, 6.45) is 3.83. The van der Waals surface area contributed by atoms with Gasteiger partial charge in [-0.25, -0.2) is 8.42 Å². The summed E-state index contributed by atoms with van der Waals surface area (Å²) >= 11 is 0. The molecule has 0 radical (unpaired) electrons. The van der Waals surface area contributed by atoms with Gasteiger partial charge in [0.15, 0.2) is 0 Å². The number of hydrogen-bond donors (Lipinski definition) is 0. The first kappa shape index (κ1) is 24.3. The predicted molar refractivity (Wildman–Crippen MR) is 122 cm³/mol. The highest BCUT2D eigenvalue weighted by atomic mass is 32.2. The number of rotatable bonds is 6. The average molecular weight is 491 g/mol. The lowest BCUT2D eigenvalue weighted by atomic mass is 9.98. The topological polar surface area (TPSA) is 123 Å². The third kappa shape index (κ3) is 5.00. The van der Waals surface area contributed by atoms with E-state index in [4.69, 9.17) is 9.26 Å². The second-order valence-corrected chi connectivity index (χ2v) is 10.6. The molecule has 1 aromatic heterocycles. The number of carbonyl (C=O) groups excluding carboxylic acids is 2. The van der Waals surface area contributed by atoms with Crippen LogP contribution < -0.4 is 0 Å². The molecule has 0 unspecified atom stereocenters. The number of likely N-dealkylation sites (tertiary alicyclic amines) is 1. The zero-order chi connectivity index (χ0) is 24.3. The Hall–Kier alpha value is -2.79. The number of esters is 1. The zero-order valence-corrected chi connectivity index (χ0v) is 20.3. The van der Waals surface area contributed by atoms with Crippen molar-refractivity contribution < 1.29 is 27.3 Å². The van der Waals surface area contributed by atoms with Crippen LogP contribution >= 0.6 is 0 Å². The molecule has 2 aliphatic heterocycles. The molecule has 4 rings (SSSR count). The maximum atomic E-state index is 13.4. The van der Waals surface area contributed by atoms with Crippen LogP contribution in [0.1, 0.15) is 55.3 Å². The van der Waals surface area contributed by atoms with Crippen molar-refractivity contribution in [3.63, 3.8) is 0 Å². The molecule has 184 valence electrons. The van der Waals surface area contributed by atoms with Gasteiger partial charge in [-0.2, -0.15) is 9.29 Å². The van der Waals surface area contributed by atoms with E-state index in [9.17, 15) is 18.0 Å². The van der Waals surface area contributed by atoms with Crippen molar-refractivity contribution >= 4 is 21.9 Å². The number of carbonyl (C=O) groups is 2. The third-order valence-corrected chi connectivity index (χ3v) is 8.43. The van der Waals surface area contributed by atoms with Crippen LogP contribution in [0.5, 0.6) is 0 Å². The summed E-state index contributed by atoms with van der Waals surface area (Å²) in [4.78, 5) is 30.7. The molecule has 34 heavy (non-hydrogen) atoms. The molecule has 0 spiro atoms. The van der Waals surface area contributed by atoms with E-state index in [1.54, 1.807) is 30.9 Å². The van der Waals surface area contributed by atoms with Crippen molar-refractivity contribution in [2.45, 2.75) is 50.8 Å². The molecule has 0 aliphatic carbocycles. The second kappa shape index (κ2) is 10.2. The van der Waals surface area contributed by atoms with Crippen molar-refractivity contribution in [3.05, 3.63) is 29.7 Å². The lowest BCUT2D eigenvalue weighted by Crippen LogP contribution is -2.40. The van der Waals surface area contributed by atoms with Gasteiger partial charge < -0.3 is 14.2 Å². The van der Waals surface area contributed by atoms with Crippen molar-refractivity contribution in [2.24, 2.45) is 5.92 Å². The Labute approximate surface area is 199 Å². The van der Waals surface area contributed by atoms with E-state index >= 15 is 0 Å². The fourth-order valence-corrected chi connectivity index (χ4v) is 6.13. The van der Waals surface area contributed by atoms with E-state index in [-0.39, 0.29) is 47.5 Å². The fourth-order valence-electron chi connectivity index (χ4n) is 4.41. The van der Waals surface area contributed by atoms with Crippen LogP contribution in [0.4, 0.5) is 0 Å². The molecule has 1 aromatic carbocycles. The van der Waals surface area contributed by atoms with E-state index in [1.807, 2.05) is 0 Å². The number of sulfonamides is 1. The van der Waals surface area contributed by atoms with E-state index in [2.05, 4.69) is 10.1 Å². The minimum atomic E-state index is -3.79. The first-order valence-electron chi connectivity index (χ1n) is 11.7. The number of amides is 1. The van der Waals surface area contributed by atoms with Crippen molar-refractivity contribution in [3.8, 4) is 11.4 Å². The fraction of sp³-hybridized carbons (Fsp3) is 0.565. The number of piperidine rings is 2. The minimum Gasteiger partial charge on any atom is -0.466 e. The molecule has 2 aromatic rings. The molecule has 2 saturated heterocycles. The van der Waals surface area contributed by atoms with Crippen LogP contribution in [-0.2, 0) is 19.6 Å². The van der Waals surface area contributed by atoms with Crippen LogP contribution in [0.2, 0.25) is 0 Å². The third-order valence-electron chi connectivity index (χ3n) is 6.39. The highest BCUT2D eigenvalue weighted by Gasteiger charge is 2.34. The molecular weight excluding hydrogens is 460 g/mol. The van der Waals surface area contributed by atoms with Crippen molar-refractivity contribution in [1.82, 2.24) is 19.3 Å². The van der Waals surface area contributed by atoms with Gasteiger partial charge in [-0.15, -0.1) is 0 Å². The van der Waals surface area contributed by atoms with Gasteiger partial charge in [-0.3, -0.25) is 9.59 Å². The summed E-state index contributed by atoms with van der Waals surface area (Å²) < 4.78 is 38.5. The molecule has 10 nitrogen and oxygen atoms in total. The molecule has 2 aliphatic rings. The molecular formula is C23H30N4O6S. The molecule has 2 fully saturated rings. The van der Waals surface area contributed by atoms with Crippen LogP contribution in [0.25, 0.3) is 11.4 Å². The van der Waals surface area contributed by atoms with Crippen LogP contribution in [0.15, 0.2) is 27.6 Å². The van der Waals surface area contributed by atoms with Gasteiger partial charge in [0.05, 0.1) is 17.4 Å². The van der Waals surface area contributed by atoms with Gasteiger partial charge in [-0.05, 0) is 57.6 Å². The van der Waals surface area contributed by atoms with E-state index in [0.29, 0.717) is 43.7 Å². The molecule has 0 N–H and O–H groups in total. The SMILES string of the molecule is CCOC(=O)C1CCN(S(=O)(=O)c2cc(-c3noc(C(=O)N4CCCCC4)n3)ccc2C)CC1. The molecule has 1 amide bonds. The molecule has 3 heterocycles. The van der Waals surface area contributed by atoms with Gasteiger partial charge in [0, 0.05) is 31.7 Å². The monoisotopic (exact) mass is 490 g/mol. The van der Waals surface area contributed by atoms with Gasteiger partial charge in [0.1, 0.15) is 0 Å². The Morgan fingerprint density at radius 3 is 2.50 bits per heavy atom. The van der Waals surface area contributed by atoms with E-state index < -0.39 is 10.0 Å². The quantitative estimate of drug-likeness (QED) is 0.566. The smallest absolute Gasteiger partial charge is 0.316 e. The number of benzene rings is 1. The summed E-state index contributed by atoms with van der Waals surface area (Å²) in [6.45, 7) is 5.60.